The highest BCUT2D eigenvalue weighted by Gasteiger charge is 2.15. The van der Waals surface area contributed by atoms with E-state index in [1.54, 1.807) is 19.6 Å². The predicted octanol–water partition coefficient (Wildman–Crippen LogP) is 3.27. The van der Waals surface area contributed by atoms with E-state index in [1.165, 1.54) is 6.42 Å². The van der Waals surface area contributed by atoms with Gasteiger partial charge in [-0.05, 0) is 50.8 Å². The number of hydrogen-bond donors (Lipinski definition) is 2. The van der Waals surface area contributed by atoms with Crippen LogP contribution in [0.4, 0.5) is 11.5 Å². The molecule has 1 saturated heterocycles. The highest BCUT2D eigenvalue weighted by molar-refractivity contribution is 5.94. The number of anilines is 2. The van der Waals surface area contributed by atoms with Crippen LogP contribution in [0.15, 0.2) is 42.9 Å². The molecule has 9 heteroatoms. The number of hydrogen-bond acceptors (Lipinski definition) is 8. The second kappa shape index (κ2) is 9.60. The molecule has 172 valence electrons. The van der Waals surface area contributed by atoms with Crippen LogP contribution in [0.5, 0.6) is 11.5 Å². The lowest BCUT2D eigenvalue weighted by Crippen LogP contribution is -2.32. The summed E-state index contributed by atoms with van der Waals surface area (Å²) in [4.78, 5) is 13.8. The van der Waals surface area contributed by atoms with Gasteiger partial charge in [0.25, 0.3) is 0 Å². The second-order valence-electron chi connectivity index (χ2n) is 8.39. The Morgan fingerprint density at radius 1 is 1.06 bits per heavy atom. The number of nitrogens with zero attached hydrogens (tertiary/aromatic N) is 5. The molecule has 33 heavy (non-hydrogen) atoms. The highest BCUT2D eigenvalue weighted by atomic mass is 16.5. The maximum atomic E-state index is 6.18. The van der Waals surface area contributed by atoms with Gasteiger partial charge >= 0.3 is 0 Å². The summed E-state index contributed by atoms with van der Waals surface area (Å²) in [6, 6.07) is 9.88. The van der Waals surface area contributed by atoms with Gasteiger partial charge in [-0.1, -0.05) is 0 Å². The summed E-state index contributed by atoms with van der Waals surface area (Å²) in [7, 11) is 3.83. The van der Waals surface area contributed by atoms with E-state index in [9.17, 15) is 0 Å². The minimum absolute atomic E-state index is 0.596. The quantitative estimate of drug-likeness (QED) is 0.446. The van der Waals surface area contributed by atoms with Gasteiger partial charge in [0.1, 0.15) is 18.8 Å². The molecule has 4 aromatic rings. The summed E-state index contributed by atoms with van der Waals surface area (Å²) in [5, 5.41) is 12.4. The average molecular weight is 448 g/mol. The molecule has 2 N–H and O–H groups in total. The van der Waals surface area contributed by atoms with E-state index in [1.807, 2.05) is 30.3 Å². The molecule has 0 radical (unpaired) electrons. The molecule has 0 bridgehead atoms. The van der Waals surface area contributed by atoms with Crippen LogP contribution in [0.2, 0.25) is 0 Å². The zero-order valence-electron chi connectivity index (χ0n) is 19.0. The number of aromatic amines is 1. The number of ether oxygens (including phenoxy) is 2. The standard InChI is InChI=1S/C24H29N7O2/c1-30-6-3-7-31(9-8-30)10-11-33-23-13-19-21(14-22(23)32-2)25-16-26-24(19)28-18-4-5-20-17(12-18)15-27-29-20/h4-5,12-16H,3,6-11H2,1-2H3,(H,27,29)(H,25,26,28). The summed E-state index contributed by atoms with van der Waals surface area (Å²) in [5.41, 5.74) is 2.70. The molecule has 3 heterocycles. The van der Waals surface area contributed by atoms with Crippen LogP contribution in [-0.4, -0.2) is 83.5 Å². The van der Waals surface area contributed by atoms with Crippen molar-refractivity contribution >= 4 is 33.3 Å². The summed E-state index contributed by atoms with van der Waals surface area (Å²) in [6.07, 6.45) is 4.54. The largest absolute Gasteiger partial charge is 0.493 e. The molecule has 5 rings (SSSR count). The fraction of sp³-hybridized carbons (Fsp3) is 0.375. The van der Waals surface area contributed by atoms with Crippen LogP contribution >= 0.6 is 0 Å². The molecule has 1 aliphatic rings. The minimum atomic E-state index is 0.596. The number of rotatable bonds is 7. The summed E-state index contributed by atoms with van der Waals surface area (Å²) < 4.78 is 11.8. The van der Waals surface area contributed by atoms with E-state index in [2.05, 4.69) is 42.3 Å². The summed E-state index contributed by atoms with van der Waals surface area (Å²) in [6.45, 7) is 5.90. The van der Waals surface area contributed by atoms with Crippen LogP contribution < -0.4 is 14.8 Å². The number of aromatic nitrogens is 4. The lowest BCUT2D eigenvalue weighted by molar-refractivity contribution is 0.208. The zero-order chi connectivity index (χ0) is 22.6. The van der Waals surface area contributed by atoms with E-state index in [4.69, 9.17) is 9.47 Å². The molecule has 2 aromatic heterocycles. The fourth-order valence-electron chi connectivity index (χ4n) is 4.20. The third-order valence-corrected chi connectivity index (χ3v) is 6.10. The van der Waals surface area contributed by atoms with Crippen LogP contribution in [0.3, 0.4) is 0 Å². The Morgan fingerprint density at radius 3 is 2.91 bits per heavy atom. The number of fused-ring (bicyclic) bond motifs is 2. The summed E-state index contributed by atoms with van der Waals surface area (Å²) >= 11 is 0. The minimum Gasteiger partial charge on any atom is -0.493 e. The van der Waals surface area contributed by atoms with Crippen molar-refractivity contribution in [3.05, 3.63) is 42.9 Å². The molecule has 0 atom stereocenters. The maximum absolute atomic E-state index is 6.18. The van der Waals surface area contributed by atoms with Gasteiger partial charge in [-0.2, -0.15) is 5.10 Å². The first-order valence-corrected chi connectivity index (χ1v) is 11.3. The molecule has 0 aliphatic carbocycles. The Labute approximate surface area is 192 Å². The van der Waals surface area contributed by atoms with Crippen molar-refractivity contribution in [1.82, 2.24) is 30.0 Å². The van der Waals surface area contributed by atoms with Crippen molar-refractivity contribution in [3.8, 4) is 11.5 Å². The third kappa shape index (κ3) is 4.84. The normalized spacial score (nSPS) is 15.6. The Bertz CT molecular complexity index is 1240. The number of benzene rings is 2. The third-order valence-electron chi connectivity index (χ3n) is 6.10. The van der Waals surface area contributed by atoms with Crippen LogP contribution in [-0.2, 0) is 0 Å². The topological polar surface area (TPSA) is 91.4 Å². The fourth-order valence-corrected chi connectivity index (χ4v) is 4.20. The maximum Gasteiger partial charge on any atom is 0.162 e. The van der Waals surface area contributed by atoms with Gasteiger partial charge in [-0.3, -0.25) is 10.00 Å². The summed E-state index contributed by atoms with van der Waals surface area (Å²) in [5.74, 6) is 2.08. The molecule has 0 saturated carbocycles. The lowest BCUT2D eigenvalue weighted by Gasteiger charge is -2.20. The molecular weight excluding hydrogens is 418 g/mol. The first-order valence-electron chi connectivity index (χ1n) is 11.3. The van der Waals surface area contributed by atoms with Gasteiger partial charge < -0.3 is 19.7 Å². The first kappa shape index (κ1) is 21.4. The molecule has 0 spiro atoms. The molecule has 2 aromatic carbocycles. The van der Waals surface area contributed by atoms with Gasteiger partial charge in [0.15, 0.2) is 11.5 Å². The van der Waals surface area contributed by atoms with E-state index >= 15 is 0 Å². The van der Waals surface area contributed by atoms with E-state index in [0.29, 0.717) is 23.9 Å². The van der Waals surface area contributed by atoms with Gasteiger partial charge in [-0.15, -0.1) is 0 Å². The van der Waals surface area contributed by atoms with Crippen molar-refractivity contribution in [2.45, 2.75) is 6.42 Å². The highest BCUT2D eigenvalue weighted by Crippen LogP contribution is 2.35. The smallest absolute Gasteiger partial charge is 0.162 e. The predicted molar refractivity (Wildman–Crippen MR) is 130 cm³/mol. The Hall–Kier alpha value is -3.43. The van der Waals surface area contributed by atoms with Crippen LogP contribution in [0.25, 0.3) is 21.8 Å². The van der Waals surface area contributed by atoms with Gasteiger partial charge in [0.05, 0.1) is 24.3 Å². The average Bonchev–Trinajstić information content (AvgIpc) is 3.20. The second-order valence-corrected chi connectivity index (χ2v) is 8.39. The van der Waals surface area contributed by atoms with Gasteiger partial charge in [0.2, 0.25) is 0 Å². The zero-order valence-corrected chi connectivity index (χ0v) is 19.0. The van der Waals surface area contributed by atoms with Gasteiger partial charge in [-0.25, -0.2) is 9.97 Å². The van der Waals surface area contributed by atoms with Crippen LogP contribution in [0, 0.1) is 0 Å². The van der Waals surface area contributed by atoms with Crippen molar-refractivity contribution in [2.24, 2.45) is 0 Å². The van der Waals surface area contributed by atoms with Crippen molar-refractivity contribution in [2.75, 3.05) is 58.8 Å². The van der Waals surface area contributed by atoms with E-state index in [-0.39, 0.29) is 0 Å². The molecule has 0 unspecified atom stereocenters. The number of methoxy groups -OCH3 is 1. The van der Waals surface area contributed by atoms with E-state index in [0.717, 1.165) is 60.2 Å². The molecular formula is C24H29N7O2. The van der Waals surface area contributed by atoms with E-state index < -0.39 is 0 Å². The van der Waals surface area contributed by atoms with Crippen molar-refractivity contribution < 1.29 is 9.47 Å². The number of H-pyrrole nitrogens is 1. The van der Waals surface area contributed by atoms with Crippen molar-refractivity contribution in [3.63, 3.8) is 0 Å². The first-order chi connectivity index (χ1) is 16.2. The monoisotopic (exact) mass is 447 g/mol. The molecule has 1 fully saturated rings. The Kier molecular flexibility index (Phi) is 6.23. The van der Waals surface area contributed by atoms with Crippen LogP contribution in [0.1, 0.15) is 6.42 Å². The molecule has 1 aliphatic heterocycles. The Balaban J connectivity index is 1.35. The molecule has 9 nitrogen and oxygen atoms in total. The molecule has 0 amide bonds. The number of nitrogens with one attached hydrogen (secondary N) is 2. The lowest BCUT2D eigenvalue weighted by atomic mass is 10.2. The SMILES string of the molecule is COc1cc2ncnc(Nc3ccc4[nH]ncc4c3)c2cc1OCCN1CCCN(C)CC1. The van der Waals surface area contributed by atoms with Gasteiger partial charge in [0, 0.05) is 42.2 Å². The number of likely N-dealkylation sites (N-methyl/N-ethyl adjacent to an activating group) is 1. The Morgan fingerprint density at radius 2 is 2.00 bits per heavy atom. The van der Waals surface area contributed by atoms with Crippen molar-refractivity contribution in [1.29, 1.82) is 0 Å².